The summed E-state index contributed by atoms with van der Waals surface area (Å²) in [7, 11) is 0. The first kappa shape index (κ1) is 30.2. The minimum atomic E-state index is -4.71. The molecule has 6 aromatic carbocycles. The van der Waals surface area contributed by atoms with Crippen molar-refractivity contribution >= 4 is 0 Å². The second-order valence-corrected chi connectivity index (χ2v) is 11.4. The summed E-state index contributed by atoms with van der Waals surface area (Å²) in [4.78, 5) is 0. The van der Waals surface area contributed by atoms with Gasteiger partial charge in [0.15, 0.2) is 0 Å². The predicted molar refractivity (Wildman–Crippen MR) is 168 cm³/mol. The number of halogens is 6. The number of rotatable bonds is 4. The highest BCUT2D eigenvalue weighted by atomic mass is 19.4. The summed E-state index contributed by atoms with van der Waals surface area (Å²) < 4.78 is 85.1. The van der Waals surface area contributed by atoms with E-state index in [9.17, 15) is 36.6 Å². The average Bonchev–Trinajstić information content (AvgIpc) is 3.36. The van der Waals surface area contributed by atoms with E-state index < -0.39 is 28.9 Å². The van der Waals surface area contributed by atoms with E-state index in [2.05, 4.69) is 0 Å². The number of hydrogen-bond donors (Lipinski definition) is 2. The molecule has 2 N–H and O–H groups in total. The van der Waals surface area contributed by atoms with E-state index in [1.165, 1.54) is 60.7 Å². The van der Waals surface area contributed by atoms with E-state index >= 15 is 0 Å². The average molecular weight is 639 g/mol. The molecule has 0 aliphatic heterocycles. The Morgan fingerprint density at radius 1 is 0.383 bits per heavy atom. The van der Waals surface area contributed by atoms with E-state index in [-0.39, 0.29) is 33.8 Å². The molecule has 0 bridgehead atoms. The molecule has 0 amide bonds. The Morgan fingerprint density at radius 3 is 1.11 bits per heavy atom. The molecule has 0 radical (unpaired) electrons. The Bertz CT molecular complexity index is 2010. The zero-order valence-electron chi connectivity index (χ0n) is 24.4. The topological polar surface area (TPSA) is 40.5 Å². The molecule has 0 heterocycles. The van der Waals surface area contributed by atoms with Crippen LogP contribution in [-0.2, 0) is 17.8 Å². The first-order valence-corrected chi connectivity index (χ1v) is 14.6. The van der Waals surface area contributed by atoms with Crippen LogP contribution in [0, 0.1) is 0 Å². The van der Waals surface area contributed by atoms with E-state index in [1.807, 2.05) is 48.5 Å². The SMILES string of the molecule is Oc1ccc(C2(c3ccc(O)c(-c4ccccc4C(F)(F)F)c3)c3ccccc3-c3ccccc32)cc1-c1ccccc1C(F)(F)F. The highest BCUT2D eigenvalue weighted by Gasteiger charge is 2.47. The Balaban J connectivity index is 1.58. The fourth-order valence-electron chi connectivity index (χ4n) is 6.92. The van der Waals surface area contributed by atoms with E-state index in [0.717, 1.165) is 34.4 Å². The molecule has 0 saturated carbocycles. The van der Waals surface area contributed by atoms with Gasteiger partial charge in [-0.1, -0.05) is 97.1 Å². The lowest BCUT2D eigenvalue weighted by Gasteiger charge is -2.35. The monoisotopic (exact) mass is 638 g/mol. The van der Waals surface area contributed by atoms with Crippen LogP contribution in [-0.4, -0.2) is 10.2 Å². The van der Waals surface area contributed by atoms with Crippen molar-refractivity contribution < 1.29 is 36.6 Å². The molecule has 1 aliphatic carbocycles. The van der Waals surface area contributed by atoms with Crippen LogP contribution in [0.3, 0.4) is 0 Å². The predicted octanol–water partition coefficient (Wildman–Crippen LogP) is 10.8. The highest BCUT2D eigenvalue weighted by Crippen LogP contribution is 2.58. The molecular formula is C39H24F6O2. The van der Waals surface area contributed by atoms with Crippen LogP contribution in [0.25, 0.3) is 33.4 Å². The zero-order valence-corrected chi connectivity index (χ0v) is 24.4. The van der Waals surface area contributed by atoms with Crippen molar-refractivity contribution in [1.29, 1.82) is 0 Å². The van der Waals surface area contributed by atoms with Gasteiger partial charge in [-0.2, -0.15) is 26.3 Å². The van der Waals surface area contributed by atoms with Gasteiger partial charge in [-0.3, -0.25) is 0 Å². The fourth-order valence-corrected chi connectivity index (χ4v) is 6.92. The maximum atomic E-state index is 14.2. The molecule has 0 spiro atoms. The zero-order chi connectivity index (χ0) is 33.1. The van der Waals surface area contributed by atoms with Crippen molar-refractivity contribution in [3.8, 4) is 44.9 Å². The van der Waals surface area contributed by atoms with E-state index in [0.29, 0.717) is 11.1 Å². The molecular weight excluding hydrogens is 614 g/mol. The van der Waals surface area contributed by atoms with Gasteiger partial charge in [0.05, 0.1) is 16.5 Å². The van der Waals surface area contributed by atoms with Gasteiger partial charge >= 0.3 is 12.4 Å². The Labute approximate surface area is 265 Å². The van der Waals surface area contributed by atoms with Crippen LogP contribution >= 0.6 is 0 Å². The lowest BCUT2D eigenvalue weighted by atomic mass is 9.67. The lowest BCUT2D eigenvalue weighted by molar-refractivity contribution is -0.137. The van der Waals surface area contributed by atoms with Gasteiger partial charge in [0.1, 0.15) is 11.5 Å². The third-order valence-electron chi connectivity index (χ3n) is 8.86. The van der Waals surface area contributed by atoms with Crippen molar-refractivity contribution in [2.75, 3.05) is 0 Å². The molecule has 0 aromatic heterocycles. The van der Waals surface area contributed by atoms with Crippen LogP contribution in [0.15, 0.2) is 133 Å². The number of phenols is 2. The summed E-state index contributed by atoms with van der Waals surface area (Å²) in [5.41, 5.74) is 0.408. The molecule has 2 nitrogen and oxygen atoms in total. The lowest BCUT2D eigenvalue weighted by Crippen LogP contribution is -2.28. The number of hydrogen-bond acceptors (Lipinski definition) is 2. The highest BCUT2D eigenvalue weighted by molar-refractivity contribution is 5.88. The first-order valence-electron chi connectivity index (χ1n) is 14.6. The minimum absolute atomic E-state index is 0.0573. The maximum Gasteiger partial charge on any atom is 0.417 e. The van der Waals surface area contributed by atoms with Gasteiger partial charge in [-0.15, -0.1) is 0 Å². The third-order valence-corrected chi connectivity index (χ3v) is 8.86. The molecule has 0 fully saturated rings. The Kier molecular flexibility index (Phi) is 6.93. The van der Waals surface area contributed by atoms with Crippen LogP contribution in [0.4, 0.5) is 26.3 Å². The summed E-state index contributed by atoms with van der Waals surface area (Å²) in [6.45, 7) is 0. The Hall–Kier alpha value is -5.50. The quantitative estimate of drug-likeness (QED) is 0.188. The molecule has 7 rings (SSSR count). The number of aromatic hydroxyl groups is 2. The van der Waals surface area contributed by atoms with Crippen LogP contribution in [0.1, 0.15) is 33.4 Å². The summed E-state index contributed by atoms with van der Waals surface area (Å²) >= 11 is 0. The van der Waals surface area contributed by atoms with Gasteiger partial charge in [-0.25, -0.2) is 0 Å². The van der Waals surface area contributed by atoms with Crippen LogP contribution in [0.5, 0.6) is 11.5 Å². The normalized spacial score (nSPS) is 13.7. The van der Waals surface area contributed by atoms with Crippen molar-refractivity contribution in [1.82, 2.24) is 0 Å². The van der Waals surface area contributed by atoms with Gasteiger partial charge in [-0.05, 0) is 80.9 Å². The van der Waals surface area contributed by atoms with Crippen molar-refractivity contribution in [3.05, 3.63) is 167 Å². The van der Waals surface area contributed by atoms with Crippen molar-refractivity contribution in [2.45, 2.75) is 17.8 Å². The number of phenolic OH excluding ortho intramolecular Hbond substituents is 2. The van der Waals surface area contributed by atoms with Crippen LogP contribution in [0.2, 0.25) is 0 Å². The summed E-state index contributed by atoms with van der Waals surface area (Å²) in [5.74, 6) is -0.740. The molecule has 0 unspecified atom stereocenters. The second kappa shape index (κ2) is 10.8. The van der Waals surface area contributed by atoms with Gasteiger partial charge < -0.3 is 10.2 Å². The standard InChI is InChI=1S/C39H24F6O2/c40-38(41,42)33-15-7-3-11-27(33)29-21-23(17-19-35(29)46)37(31-13-5-1-9-25(31)26-10-2-6-14-32(26)37)24-18-20-36(47)30(22-24)28-12-4-8-16-34(28)39(43,44)45/h1-22,46-47H. The molecule has 8 heteroatoms. The molecule has 234 valence electrons. The van der Waals surface area contributed by atoms with Crippen LogP contribution < -0.4 is 0 Å². The smallest absolute Gasteiger partial charge is 0.417 e. The minimum Gasteiger partial charge on any atom is -0.507 e. The van der Waals surface area contributed by atoms with Gasteiger partial charge in [0.2, 0.25) is 0 Å². The van der Waals surface area contributed by atoms with E-state index in [4.69, 9.17) is 0 Å². The Morgan fingerprint density at radius 2 is 0.723 bits per heavy atom. The number of fused-ring (bicyclic) bond motifs is 3. The van der Waals surface area contributed by atoms with Crippen molar-refractivity contribution in [3.63, 3.8) is 0 Å². The molecule has 47 heavy (non-hydrogen) atoms. The molecule has 0 atom stereocenters. The molecule has 0 saturated heterocycles. The maximum absolute atomic E-state index is 14.2. The number of benzene rings is 6. The fraction of sp³-hybridized carbons (Fsp3) is 0.0769. The second-order valence-electron chi connectivity index (χ2n) is 11.4. The summed E-state index contributed by atoms with van der Waals surface area (Å²) in [5, 5.41) is 22.0. The first-order chi connectivity index (χ1) is 22.4. The van der Waals surface area contributed by atoms with Gasteiger partial charge in [0.25, 0.3) is 0 Å². The largest absolute Gasteiger partial charge is 0.507 e. The van der Waals surface area contributed by atoms with E-state index in [1.54, 1.807) is 12.1 Å². The summed E-state index contributed by atoms with van der Waals surface area (Å²) in [6, 6.07) is 33.8. The van der Waals surface area contributed by atoms with Crippen molar-refractivity contribution in [2.24, 2.45) is 0 Å². The van der Waals surface area contributed by atoms with Gasteiger partial charge in [0, 0.05) is 11.1 Å². The summed E-state index contributed by atoms with van der Waals surface area (Å²) in [6.07, 6.45) is -9.41. The molecule has 1 aliphatic rings. The molecule has 6 aromatic rings. The third kappa shape index (κ3) is 4.74. The number of alkyl halides is 6.